The highest BCUT2D eigenvalue weighted by molar-refractivity contribution is 5.95. The van der Waals surface area contributed by atoms with Crippen molar-refractivity contribution in [1.82, 2.24) is 24.6 Å². The molecule has 1 amide bonds. The number of nitrogens with zero attached hydrogens (tertiary/aromatic N) is 6. The Kier molecular flexibility index (Phi) is 5.87. The highest BCUT2D eigenvalue weighted by Crippen LogP contribution is 2.35. The first kappa shape index (κ1) is 21.6. The van der Waals surface area contributed by atoms with Gasteiger partial charge in [-0.25, -0.2) is 9.97 Å². The summed E-state index contributed by atoms with van der Waals surface area (Å²) in [7, 11) is 1.87. The molecule has 0 bridgehead atoms. The second-order valence-electron chi connectivity index (χ2n) is 9.22. The lowest BCUT2D eigenvalue weighted by molar-refractivity contribution is 0.0728. The third-order valence-electron chi connectivity index (χ3n) is 7.15. The number of carbonyl (C=O) groups excluding carboxylic acids is 1. The van der Waals surface area contributed by atoms with Gasteiger partial charge in [-0.05, 0) is 51.5 Å². The van der Waals surface area contributed by atoms with Gasteiger partial charge in [0.1, 0.15) is 5.82 Å². The van der Waals surface area contributed by atoms with Gasteiger partial charge in [0.25, 0.3) is 5.91 Å². The van der Waals surface area contributed by atoms with Crippen molar-refractivity contribution in [2.75, 3.05) is 24.5 Å². The fourth-order valence-corrected chi connectivity index (χ4v) is 5.13. The maximum Gasteiger partial charge on any atom is 0.257 e. The van der Waals surface area contributed by atoms with Crippen LogP contribution in [0.2, 0.25) is 0 Å². The molecule has 1 saturated heterocycles. The normalized spacial score (nSPS) is 18.0. The predicted octanol–water partition coefficient (Wildman–Crippen LogP) is 3.80. The zero-order valence-electron chi connectivity index (χ0n) is 19.8. The molecule has 0 saturated carbocycles. The largest absolute Gasteiger partial charge is 0.356 e. The van der Waals surface area contributed by atoms with Gasteiger partial charge < -0.3 is 9.80 Å². The number of benzene rings is 1. The molecular weight excluding hydrogens is 412 g/mol. The van der Waals surface area contributed by atoms with E-state index in [1.54, 1.807) is 10.9 Å². The van der Waals surface area contributed by atoms with Gasteiger partial charge in [-0.1, -0.05) is 30.3 Å². The van der Waals surface area contributed by atoms with Gasteiger partial charge in [-0.3, -0.25) is 9.48 Å². The van der Waals surface area contributed by atoms with Gasteiger partial charge in [0, 0.05) is 43.6 Å². The molecule has 2 aliphatic heterocycles. The van der Waals surface area contributed by atoms with Crippen molar-refractivity contribution in [3.8, 4) is 0 Å². The molecule has 0 aliphatic carbocycles. The number of rotatable bonds is 5. The van der Waals surface area contributed by atoms with Crippen LogP contribution in [0.5, 0.6) is 0 Å². The second-order valence-corrected chi connectivity index (χ2v) is 9.22. The number of hydrogen-bond donors (Lipinski definition) is 0. The lowest BCUT2D eigenvalue weighted by atomic mass is 10.0. The van der Waals surface area contributed by atoms with E-state index < -0.39 is 0 Å². The van der Waals surface area contributed by atoms with E-state index in [1.165, 1.54) is 11.1 Å². The molecule has 4 heterocycles. The summed E-state index contributed by atoms with van der Waals surface area (Å²) >= 11 is 0. The van der Waals surface area contributed by atoms with E-state index in [2.05, 4.69) is 47.3 Å². The van der Waals surface area contributed by atoms with Crippen molar-refractivity contribution in [3.63, 3.8) is 0 Å². The Morgan fingerprint density at radius 1 is 1.09 bits per heavy atom. The highest BCUT2D eigenvalue weighted by Gasteiger charge is 2.35. The van der Waals surface area contributed by atoms with E-state index in [0.717, 1.165) is 74.8 Å². The molecule has 0 radical (unpaired) electrons. The Morgan fingerprint density at radius 3 is 2.67 bits per heavy atom. The van der Waals surface area contributed by atoms with Crippen molar-refractivity contribution in [3.05, 3.63) is 70.4 Å². The number of amides is 1. The van der Waals surface area contributed by atoms with Gasteiger partial charge in [-0.15, -0.1) is 0 Å². The van der Waals surface area contributed by atoms with Crippen molar-refractivity contribution in [2.24, 2.45) is 7.05 Å². The molecule has 1 fully saturated rings. The smallest absolute Gasteiger partial charge is 0.257 e. The third kappa shape index (κ3) is 4.12. The molecule has 1 aromatic carbocycles. The van der Waals surface area contributed by atoms with Crippen LogP contribution >= 0.6 is 0 Å². The summed E-state index contributed by atoms with van der Waals surface area (Å²) in [6.07, 6.45) is 6.68. The molecule has 3 aromatic rings. The SMILES string of the molecule is Cc1nc(C2CCCN2C(=O)c2cnn(C)c2C)nc2c1CCCN2CCc1ccccc1. The van der Waals surface area contributed by atoms with Gasteiger partial charge >= 0.3 is 0 Å². The summed E-state index contributed by atoms with van der Waals surface area (Å²) in [5.74, 6) is 1.88. The van der Waals surface area contributed by atoms with Crippen LogP contribution in [0.1, 0.15) is 64.0 Å². The first-order valence-corrected chi connectivity index (χ1v) is 12.0. The first-order valence-electron chi connectivity index (χ1n) is 12.0. The molecule has 1 atom stereocenters. The number of aromatic nitrogens is 4. The van der Waals surface area contributed by atoms with Gasteiger partial charge in [0.2, 0.25) is 0 Å². The van der Waals surface area contributed by atoms with E-state index >= 15 is 0 Å². The minimum absolute atomic E-state index is 0.0306. The van der Waals surface area contributed by atoms with Crippen molar-refractivity contribution < 1.29 is 4.79 Å². The van der Waals surface area contributed by atoms with Crippen LogP contribution in [0.25, 0.3) is 0 Å². The summed E-state index contributed by atoms with van der Waals surface area (Å²) in [6, 6.07) is 10.5. The zero-order valence-corrected chi connectivity index (χ0v) is 19.8. The number of fused-ring (bicyclic) bond motifs is 1. The monoisotopic (exact) mass is 444 g/mol. The molecule has 2 aromatic heterocycles. The van der Waals surface area contributed by atoms with E-state index in [4.69, 9.17) is 9.97 Å². The van der Waals surface area contributed by atoms with Gasteiger partial charge in [-0.2, -0.15) is 5.10 Å². The summed E-state index contributed by atoms with van der Waals surface area (Å²) < 4.78 is 1.75. The van der Waals surface area contributed by atoms with Crippen LogP contribution in [-0.4, -0.2) is 50.2 Å². The number of likely N-dealkylation sites (tertiary alicyclic amines) is 1. The average Bonchev–Trinajstić information content (AvgIpc) is 3.45. The minimum Gasteiger partial charge on any atom is -0.356 e. The number of carbonyl (C=O) groups is 1. The topological polar surface area (TPSA) is 67.2 Å². The molecule has 33 heavy (non-hydrogen) atoms. The van der Waals surface area contributed by atoms with E-state index in [1.807, 2.05) is 18.9 Å². The Balaban J connectivity index is 1.42. The molecule has 0 N–H and O–H groups in total. The fourth-order valence-electron chi connectivity index (χ4n) is 5.13. The van der Waals surface area contributed by atoms with Crippen LogP contribution in [0.3, 0.4) is 0 Å². The molecule has 5 rings (SSSR count). The van der Waals surface area contributed by atoms with E-state index in [0.29, 0.717) is 5.56 Å². The molecule has 1 unspecified atom stereocenters. The van der Waals surface area contributed by atoms with Crippen LogP contribution in [-0.2, 0) is 19.9 Å². The van der Waals surface area contributed by atoms with Crippen molar-refractivity contribution in [1.29, 1.82) is 0 Å². The Hall–Kier alpha value is -3.22. The van der Waals surface area contributed by atoms with Crippen LogP contribution in [0.4, 0.5) is 5.82 Å². The van der Waals surface area contributed by atoms with Gasteiger partial charge in [0.05, 0.1) is 17.8 Å². The summed E-state index contributed by atoms with van der Waals surface area (Å²) in [5.41, 5.74) is 5.21. The number of aryl methyl sites for hydroxylation is 2. The molecule has 7 nitrogen and oxygen atoms in total. The molecular formula is C26H32N6O. The molecule has 2 aliphatic rings. The zero-order chi connectivity index (χ0) is 22.9. The molecule has 172 valence electrons. The molecule has 0 spiro atoms. The van der Waals surface area contributed by atoms with E-state index in [9.17, 15) is 4.79 Å². The van der Waals surface area contributed by atoms with Gasteiger partial charge in [0.15, 0.2) is 5.82 Å². The van der Waals surface area contributed by atoms with E-state index in [-0.39, 0.29) is 11.9 Å². The summed E-state index contributed by atoms with van der Waals surface area (Å²) in [6.45, 7) is 6.72. The van der Waals surface area contributed by atoms with Crippen molar-refractivity contribution >= 4 is 11.7 Å². The van der Waals surface area contributed by atoms with Crippen LogP contribution in [0, 0.1) is 13.8 Å². The third-order valence-corrected chi connectivity index (χ3v) is 7.15. The Morgan fingerprint density at radius 2 is 1.91 bits per heavy atom. The first-order chi connectivity index (χ1) is 16.0. The quantitative estimate of drug-likeness (QED) is 0.599. The maximum absolute atomic E-state index is 13.4. The fraction of sp³-hybridized carbons (Fsp3) is 0.462. The highest BCUT2D eigenvalue weighted by atomic mass is 16.2. The predicted molar refractivity (Wildman–Crippen MR) is 128 cm³/mol. The Bertz CT molecular complexity index is 1160. The van der Waals surface area contributed by atoms with Crippen LogP contribution in [0.15, 0.2) is 36.5 Å². The maximum atomic E-state index is 13.4. The standard InChI is InChI=1S/C26H32N6O/c1-18-21-11-7-14-31(16-13-20-9-5-4-6-10-20)25(21)29-24(28-18)23-12-8-15-32(23)26(33)22-17-27-30(3)19(22)2/h4-6,9-10,17,23H,7-8,11-16H2,1-3H3. The van der Waals surface area contributed by atoms with Crippen LogP contribution < -0.4 is 4.90 Å². The lowest BCUT2D eigenvalue weighted by Crippen LogP contribution is -2.35. The average molecular weight is 445 g/mol. The number of anilines is 1. The lowest BCUT2D eigenvalue weighted by Gasteiger charge is -2.32. The number of hydrogen-bond acceptors (Lipinski definition) is 5. The summed E-state index contributed by atoms with van der Waals surface area (Å²) in [5, 5.41) is 4.26. The molecule has 7 heteroatoms. The van der Waals surface area contributed by atoms with Crippen molar-refractivity contribution in [2.45, 2.75) is 52.0 Å². The second kappa shape index (κ2) is 8.96. The Labute approximate surface area is 195 Å². The summed E-state index contributed by atoms with van der Waals surface area (Å²) in [4.78, 5) is 27.8. The minimum atomic E-state index is -0.0843.